The molecule has 96 valence electrons. The standard InChI is InChI=1S/C14H17NO2S/c1-2-14(6-7-14)10-15-13(17)12-11(4-3-8-16)5-9-18-12/h5,9,16H,2,6-8,10H2,1H3,(H,15,17). The third-order valence-corrected chi connectivity index (χ3v) is 4.42. The van der Waals surface area contributed by atoms with Crippen molar-refractivity contribution in [3.8, 4) is 11.8 Å². The van der Waals surface area contributed by atoms with Crippen LogP contribution in [-0.4, -0.2) is 24.2 Å². The first-order valence-corrected chi connectivity index (χ1v) is 7.04. The van der Waals surface area contributed by atoms with Crippen molar-refractivity contribution in [1.29, 1.82) is 0 Å². The maximum atomic E-state index is 12.0. The fourth-order valence-electron chi connectivity index (χ4n) is 1.90. The van der Waals surface area contributed by atoms with Gasteiger partial charge >= 0.3 is 0 Å². The van der Waals surface area contributed by atoms with E-state index in [-0.39, 0.29) is 12.5 Å². The average molecular weight is 263 g/mol. The van der Waals surface area contributed by atoms with E-state index < -0.39 is 0 Å². The molecular formula is C14H17NO2S. The van der Waals surface area contributed by atoms with E-state index in [2.05, 4.69) is 24.1 Å². The molecule has 0 aromatic carbocycles. The highest BCUT2D eigenvalue weighted by molar-refractivity contribution is 7.12. The predicted octanol–water partition coefficient (Wildman–Crippen LogP) is 2.01. The maximum Gasteiger partial charge on any atom is 0.262 e. The van der Waals surface area contributed by atoms with Crippen molar-refractivity contribution in [2.24, 2.45) is 5.41 Å². The van der Waals surface area contributed by atoms with Crippen molar-refractivity contribution in [1.82, 2.24) is 5.32 Å². The molecule has 1 aliphatic carbocycles. The quantitative estimate of drug-likeness (QED) is 0.816. The molecule has 18 heavy (non-hydrogen) atoms. The van der Waals surface area contributed by atoms with Crippen molar-refractivity contribution < 1.29 is 9.90 Å². The molecule has 1 aliphatic rings. The van der Waals surface area contributed by atoms with Gasteiger partial charge in [0.1, 0.15) is 11.5 Å². The second-order valence-electron chi connectivity index (χ2n) is 4.66. The number of thiophene rings is 1. The molecule has 2 rings (SSSR count). The molecule has 0 spiro atoms. The summed E-state index contributed by atoms with van der Waals surface area (Å²) >= 11 is 1.39. The molecule has 1 saturated carbocycles. The Balaban J connectivity index is 1.98. The van der Waals surface area contributed by atoms with Crippen LogP contribution in [0.3, 0.4) is 0 Å². The van der Waals surface area contributed by atoms with Gasteiger partial charge in [-0.2, -0.15) is 0 Å². The Hall–Kier alpha value is -1.31. The van der Waals surface area contributed by atoms with Crippen LogP contribution < -0.4 is 5.32 Å². The summed E-state index contributed by atoms with van der Waals surface area (Å²) in [7, 11) is 0. The van der Waals surface area contributed by atoms with Crippen LogP contribution in [0, 0.1) is 17.3 Å². The molecule has 1 aromatic heterocycles. The van der Waals surface area contributed by atoms with E-state index in [9.17, 15) is 4.79 Å². The summed E-state index contributed by atoms with van der Waals surface area (Å²) in [6.45, 7) is 2.74. The van der Waals surface area contributed by atoms with Crippen molar-refractivity contribution >= 4 is 17.2 Å². The van der Waals surface area contributed by atoms with Gasteiger partial charge in [0.15, 0.2) is 0 Å². The minimum atomic E-state index is -0.185. The van der Waals surface area contributed by atoms with Gasteiger partial charge in [-0.15, -0.1) is 11.3 Å². The third-order valence-electron chi connectivity index (χ3n) is 3.50. The molecular weight excluding hydrogens is 246 g/mol. The normalized spacial score (nSPS) is 15.7. The van der Waals surface area contributed by atoms with Crippen LogP contribution in [0.15, 0.2) is 11.4 Å². The van der Waals surface area contributed by atoms with Crippen LogP contribution in [0.1, 0.15) is 41.4 Å². The SMILES string of the molecule is CCC1(CNC(=O)c2sccc2C#CCO)CC1. The van der Waals surface area contributed by atoms with Crippen LogP contribution in [0.4, 0.5) is 0 Å². The molecule has 0 aliphatic heterocycles. The number of amides is 1. The first-order chi connectivity index (χ1) is 8.71. The molecule has 1 amide bonds. The second kappa shape index (κ2) is 5.55. The zero-order chi connectivity index (χ0) is 13.0. The highest BCUT2D eigenvalue weighted by Crippen LogP contribution is 2.47. The summed E-state index contributed by atoms with van der Waals surface area (Å²) < 4.78 is 0. The van der Waals surface area contributed by atoms with Crippen LogP contribution in [-0.2, 0) is 0 Å². The number of carbonyl (C=O) groups excluding carboxylic acids is 1. The van der Waals surface area contributed by atoms with Gasteiger partial charge in [0.2, 0.25) is 0 Å². The molecule has 4 heteroatoms. The fraction of sp³-hybridized carbons (Fsp3) is 0.500. The zero-order valence-electron chi connectivity index (χ0n) is 10.5. The number of aliphatic hydroxyl groups is 1. The summed E-state index contributed by atoms with van der Waals surface area (Å²) in [5.41, 5.74) is 1.05. The smallest absolute Gasteiger partial charge is 0.262 e. The van der Waals surface area contributed by atoms with Crippen LogP contribution in [0.25, 0.3) is 0 Å². The van der Waals surface area contributed by atoms with E-state index in [4.69, 9.17) is 5.11 Å². The lowest BCUT2D eigenvalue weighted by atomic mass is 10.0. The lowest BCUT2D eigenvalue weighted by Crippen LogP contribution is -2.29. The minimum absolute atomic E-state index is 0.0491. The van der Waals surface area contributed by atoms with Crippen molar-refractivity contribution in [3.63, 3.8) is 0 Å². The topological polar surface area (TPSA) is 49.3 Å². The number of hydrogen-bond donors (Lipinski definition) is 2. The zero-order valence-corrected chi connectivity index (χ0v) is 11.3. The van der Waals surface area contributed by atoms with Crippen LogP contribution >= 0.6 is 11.3 Å². The Bertz CT molecular complexity index is 491. The molecule has 0 radical (unpaired) electrons. The highest BCUT2D eigenvalue weighted by Gasteiger charge is 2.40. The largest absolute Gasteiger partial charge is 0.384 e. The number of aliphatic hydroxyl groups excluding tert-OH is 1. The van der Waals surface area contributed by atoms with Gasteiger partial charge in [0.05, 0.1) is 0 Å². The van der Waals surface area contributed by atoms with E-state index in [1.165, 1.54) is 24.2 Å². The van der Waals surface area contributed by atoms with Gasteiger partial charge in [-0.05, 0) is 36.1 Å². The minimum Gasteiger partial charge on any atom is -0.384 e. The molecule has 0 bridgehead atoms. The highest BCUT2D eigenvalue weighted by atomic mass is 32.1. The summed E-state index contributed by atoms with van der Waals surface area (Å²) in [5, 5.41) is 13.5. The first-order valence-electron chi connectivity index (χ1n) is 6.16. The third kappa shape index (κ3) is 2.92. The number of carbonyl (C=O) groups is 1. The van der Waals surface area contributed by atoms with E-state index >= 15 is 0 Å². The number of nitrogens with one attached hydrogen (secondary N) is 1. The Morgan fingerprint density at radius 2 is 2.39 bits per heavy atom. The first kappa shape index (κ1) is 13.1. The lowest BCUT2D eigenvalue weighted by molar-refractivity contribution is 0.0948. The van der Waals surface area contributed by atoms with Gasteiger partial charge in [-0.1, -0.05) is 18.8 Å². The van der Waals surface area contributed by atoms with Gasteiger partial charge in [-0.3, -0.25) is 4.79 Å². The number of hydrogen-bond acceptors (Lipinski definition) is 3. The Labute approximate surface area is 111 Å². The molecule has 1 aromatic rings. The lowest BCUT2D eigenvalue weighted by Gasteiger charge is -2.12. The van der Waals surface area contributed by atoms with Gasteiger partial charge < -0.3 is 10.4 Å². The van der Waals surface area contributed by atoms with Crippen molar-refractivity contribution in [2.75, 3.05) is 13.2 Å². The molecule has 1 fully saturated rings. The van der Waals surface area contributed by atoms with Crippen molar-refractivity contribution in [3.05, 3.63) is 21.9 Å². The maximum absolute atomic E-state index is 12.0. The monoisotopic (exact) mass is 263 g/mol. The Morgan fingerprint density at radius 3 is 3.00 bits per heavy atom. The number of rotatable bonds is 4. The second-order valence-corrected chi connectivity index (χ2v) is 5.58. The van der Waals surface area contributed by atoms with E-state index in [0.29, 0.717) is 15.9 Å². The average Bonchev–Trinajstić information content (AvgIpc) is 3.03. The Kier molecular flexibility index (Phi) is 4.05. The predicted molar refractivity (Wildman–Crippen MR) is 72.6 cm³/mol. The van der Waals surface area contributed by atoms with Gasteiger partial charge in [0.25, 0.3) is 5.91 Å². The molecule has 2 N–H and O–H groups in total. The van der Waals surface area contributed by atoms with Crippen LogP contribution in [0.2, 0.25) is 0 Å². The van der Waals surface area contributed by atoms with Gasteiger partial charge in [0, 0.05) is 12.1 Å². The summed E-state index contributed by atoms with van der Waals surface area (Å²) in [6, 6.07) is 1.81. The van der Waals surface area contributed by atoms with Crippen LogP contribution in [0.5, 0.6) is 0 Å². The van der Waals surface area contributed by atoms with E-state index in [0.717, 1.165) is 13.0 Å². The fourth-order valence-corrected chi connectivity index (χ4v) is 2.66. The van der Waals surface area contributed by atoms with Crippen molar-refractivity contribution in [2.45, 2.75) is 26.2 Å². The molecule has 0 unspecified atom stereocenters. The molecule has 1 heterocycles. The molecule has 0 atom stereocenters. The molecule has 3 nitrogen and oxygen atoms in total. The van der Waals surface area contributed by atoms with E-state index in [1.807, 2.05) is 11.4 Å². The van der Waals surface area contributed by atoms with E-state index in [1.54, 1.807) is 0 Å². The summed E-state index contributed by atoms with van der Waals surface area (Å²) in [6.07, 6.45) is 3.55. The Morgan fingerprint density at radius 1 is 1.61 bits per heavy atom. The summed E-state index contributed by atoms with van der Waals surface area (Å²) in [4.78, 5) is 12.7. The molecule has 0 saturated heterocycles. The van der Waals surface area contributed by atoms with Gasteiger partial charge in [-0.25, -0.2) is 0 Å². The summed E-state index contributed by atoms with van der Waals surface area (Å²) in [5.74, 6) is 5.33.